The monoisotopic (exact) mass is 221 g/mol. The highest BCUT2D eigenvalue weighted by Crippen LogP contribution is 2.54. The Labute approximate surface area is 96.2 Å². The number of phenols is 1. The molecule has 0 heterocycles. The molecule has 3 nitrogen and oxygen atoms in total. The highest BCUT2D eigenvalue weighted by Gasteiger charge is 2.53. The Kier molecular flexibility index (Phi) is 2.58. The summed E-state index contributed by atoms with van der Waals surface area (Å²) in [5.74, 6) is 1.75. The molecule has 1 aliphatic rings. The highest BCUT2D eigenvalue weighted by molar-refractivity contribution is 5.46. The van der Waals surface area contributed by atoms with Gasteiger partial charge in [-0.3, -0.25) is 0 Å². The molecule has 1 aliphatic carbocycles. The molecule has 0 spiro atoms. The Morgan fingerprint density at radius 1 is 1.50 bits per heavy atom. The van der Waals surface area contributed by atoms with E-state index >= 15 is 0 Å². The van der Waals surface area contributed by atoms with E-state index in [4.69, 9.17) is 10.5 Å². The molecule has 16 heavy (non-hydrogen) atoms. The average molecular weight is 221 g/mol. The molecule has 0 saturated heterocycles. The van der Waals surface area contributed by atoms with Crippen LogP contribution in [0.1, 0.15) is 25.8 Å². The lowest BCUT2D eigenvalue weighted by Gasteiger charge is -2.15. The van der Waals surface area contributed by atoms with Gasteiger partial charge in [0.1, 0.15) is 0 Å². The van der Waals surface area contributed by atoms with Crippen molar-refractivity contribution < 1.29 is 9.84 Å². The Balaban J connectivity index is 2.27. The van der Waals surface area contributed by atoms with Gasteiger partial charge in [0.2, 0.25) is 0 Å². The minimum absolute atomic E-state index is 0.166. The van der Waals surface area contributed by atoms with Gasteiger partial charge in [-0.15, -0.1) is 0 Å². The topological polar surface area (TPSA) is 55.5 Å². The molecule has 3 heteroatoms. The number of phenolic OH excluding ortho intramolecular Hbond substituents is 1. The standard InChI is InChI=1S/C13H19NO2/c1-8(2)10-7-13(10,14)9-4-5-12(16-3)11(15)6-9/h4-6,8,10,15H,7,14H2,1-3H3. The molecular formula is C13H19NO2. The molecule has 1 fully saturated rings. The first-order valence-electron chi connectivity index (χ1n) is 5.65. The van der Waals surface area contributed by atoms with E-state index in [2.05, 4.69) is 13.8 Å². The van der Waals surface area contributed by atoms with Crippen LogP contribution < -0.4 is 10.5 Å². The van der Waals surface area contributed by atoms with Gasteiger partial charge in [-0.1, -0.05) is 19.9 Å². The van der Waals surface area contributed by atoms with Crippen LogP contribution in [0.3, 0.4) is 0 Å². The smallest absolute Gasteiger partial charge is 0.160 e. The summed E-state index contributed by atoms with van der Waals surface area (Å²) < 4.78 is 5.02. The normalized spacial score (nSPS) is 28.2. The van der Waals surface area contributed by atoms with Gasteiger partial charge in [-0.25, -0.2) is 0 Å². The van der Waals surface area contributed by atoms with Crippen LogP contribution in [0.15, 0.2) is 18.2 Å². The third-order valence-electron chi connectivity index (χ3n) is 3.58. The summed E-state index contributed by atoms with van der Waals surface area (Å²) in [6, 6.07) is 5.44. The maximum absolute atomic E-state index is 9.73. The van der Waals surface area contributed by atoms with Crippen LogP contribution in [0.4, 0.5) is 0 Å². The van der Waals surface area contributed by atoms with E-state index in [1.807, 2.05) is 6.07 Å². The predicted octanol–water partition coefficient (Wildman–Crippen LogP) is 2.23. The molecule has 0 amide bonds. The second-order valence-corrected chi connectivity index (χ2v) is 4.98. The van der Waals surface area contributed by atoms with Crippen LogP contribution in [-0.4, -0.2) is 12.2 Å². The highest BCUT2D eigenvalue weighted by atomic mass is 16.5. The van der Waals surface area contributed by atoms with Crippen molar-refractivity contribution >= 4 is 0 Å². The second-order valence-electron chi connectivity index (χ2n) is 4.98. The quantitative estimate of drug-likeness (QED) is 0.823. The molecule has 2 rings (SSSR count). The molecule has 0 aliphatic heterocycles. The number of hydrogen-bond acceptors (Lipinski definition) is 3. The Hall–Kier alpha value is -1.22. The van der Waals surface area contributed by atoms with Crippen LogP contribution in [0.25, 0.3) is 0 Å². The molecule has 1 aromatic carbocycles. The Morgan fingerprint density at radius 2 is 2.19 bits per heavy atom. The van der Waals surface area contributed by atoms with Crippen molar-refractivity contribution in [2.24, 2.45) is 17.6 Å². The Morgan fingerprint density at radius 3 is 2.62 bits per heavy atom. The summed E-state index contributed by atoms with van der Waals surface area (Å²) in [6.45, 7) is 4.37. The van der Waals surface area contributed by atoms with Crippen LogP contribution in [0.5, 0.6) is 11.5 Å². The van der Waals surface area contributed by atoms with Crippen molar-refractivity contribution in [1.82, 2.24) is 0 Å². The summed E-state index contributed by atoms with van der Waals surface area (Å²) in [7, 11) is 1.54. The van der Waals surface area contributed by atoms with Gasteiger partial charge in [-0.2, -0.15) is 0 Å². The molecule has 88 valence electrons. The first kappa shape index (κ1) is 11.3. The van der Waals surface area contributed by atoms with E-state index in [-0.39, 0.29) is 11.3 Å². The SMILES string of the molecule is COc1ccc(C2(N)CC2C(C)C)cc1O. The largest absolute Gasteiger partial charge is 0.504 e. The molecule has 0 radical (unpaired) electrons. The number of aromatic hydroxyl groups is 1. The molecule has 2 atom stereocenters. The summed E-state index contributed by atoms with van der Waals surface area (Å²) in [4.78, 5) is 0. The first-order chi connectivity index (χ1) is 7.49. The molecule has 2 unspecified atom stereocenters. The van der Waals surface area contributed by atoms with Crippen LogP contribution in [0.2, 0.25) is 0 Å². The number of benzene rings is 1. The molecule has 0 bridgehead atoms. The van der Waals surface area contributed by atoms with Crippen LogP contribution in [-0.2, 0) is 5.54 Å². The average Bonchev–Trinajstić information content (AvgIpc) is 2.92. The van der Waals surface area contributed by atoms with Gasteiger partial charge < -0.3 is 15.6 Å². The summed E-state index contributed by atoms with van der Waals surface area (Å²) in [6.07, 6.45) is 0.996. The van der Waals surface area contributed by atoms with Crippen LogP contribution >= 0.6 is 0 Å². The van der Waals surface area contributed by atoms with E-state index in [0.29, 0.717) is 17.6 Å². The van der Waals surface area contributed by atoms with E-state index in [1.54, 1.807) is 19.2 Å². The van der Waals surface area contributed by atoms with Gasteiger partial charge >= 0.3 is 0 Å². The number of ether oxygens (including phenoxy) is 1. The second kappa shape index (κ2) is 3.67. The van der Waals surface area contributed by atoms with Crippen molar-refractivity contribution in [3.63, 3.8) is 0 Å². The third kappa shape index (κ3) is 1.65. The number of nitrogens with two attached hydrogens (primary N) is 1. The fraction of sp³-hybridized carbons (Fsp3) is 0.538. The summed E-state index contributed by atoms with van der Waals surface area (Å²) >= 11 is 0. The zero-order valence-corrected chi connectivity index (χ0v) is 10.0. The summed E-state index contributed by atoms with van der Waals surface area (Å²) in [5.41, 5.74) is 7.07. The fourth-order valence-electron chi connectivity index (χ4n) is 2.45. The molecule has 3 N–H and O–H groups in total. The molecular weight excluding hydrogens is 202 g/mol. The molecule has 0 aromatic heterocycles. The third-order valence-corrected chi connectivity index (χ3v) is 3.58. The Bertz CT molecular complexity index is 403. The number of hydrogen-bond donors (Lipinski definition) is 2. The first-order valence-corrected chi connectivity index (χ1v) is 5.65. The minimum atomic E-state index is -0.252. The van der Waals surface area contributed by atoms with Crippen molar-refractivity contribution in [3.8, 4) is 11.5 Å². The number of methoxy groups -OCH3 is 1. The van der Waals surface area contributed by atoms with Crippen molar-refractivity contribution in [2.75, 3.05) is 7.11 Å². The predicted molar refractivity (Wildman–Crippen MR) is 63.5 cm³/mol. The lowest BCUT2D eigenvalue weighted by Crippen LogP contribution is -2.23. The van der Waals surface area contributed by atoms with Crippen molar-refractivity contribution in [3.05, 3.63) is 23.8 Å². The lowest BCUT2D eigenvalue weighted by molar-refractivity contribution is 0.372. The van der Waals surface area contributed by atoms with E-state index < -0.39 is 0 Å². The fourth-order valence-corrected chi connectivity index (χ4v) is 2.45. The molecule has 1 saturated carbocycles. The van der Waals surface area contributed by atoms with Gasteiger partial charge in [0, 0.05) is 5.54 Å². The van der Waals surface area contributed by atoms with Gasteiger partial charge in [-0.05, 0) is 36.0 Å². The zero-order valence-electron chi connectivity index (χ0n) is 10.0. The maximum atomic E-state index is 9.73. The zero-order chi connectivity index (χ0) is 11.9. The van der Waals surface area contributed by atoms with Crippen molar-refractivity contribution in [1.29, 1.82) is 0 Å². The molecule has 1 aromatic rings. The summed E-state index contributed by atoms with van der Waals surface area (Å²) in [5, 5.41) is 9.73. The van der Waals surface area contributed by atoms with Gasteiger partial charge in [0.25, 0.3) is 0 Å². The van der Waals surface area contributed by atoms with Crippen molar-refractivity contribution in [2.45, 2.75) is 25.8 Å². The van der Waals surface area contributed by atoms with E-state index in [1.165, 1.54) is 0 Å². The number of rotatable bonds is 3. The minimum Gasteiger partial charge on any atom is -0.504 e. The lowest BCUT2D eigenvalue weighted by atomic mass is 9.97. The maximum Gasteiger partial charge on any atom is 0.160 e. The van der Waals surface area contributed by atoms with Gasteiger partial charge in [0.05, 0.1) is 7.11 Å². The van der Waals surface area contributed by atoms with E-state index in [9.17, 15) is 5.11 Å². The van der Waals surface area contributed by atoms with Crippen LogP contribution in [0, 0.1) is 11.8 Å². The van der Waals surface area contributed by atoms with Gasteiger partial charge in [0.15, 0.2) is 11.5 Å². The van der Waals surface area contributed by atoms with E-state index in [0.717, 1.165) is 12.0 Å².